The predicted molar refractivity (Wildman–Crippen MR) is 64.1 cm³/mol. The second-order valence-electron chi connectivity index (χ2n) is 3.24. The van der Waals surface area contributed by atoms with Gasteiger partial charge in [0.25, 0.3) is 0 Å². The van der Waals surface area contributed by atoms with Gasteiger partial charge in [0, 0.05) is 4.47 Å². The third-order valence-electron chi connectivity index (χ3n) is 2.10. The van der Waals surface area contributed by atoms with E-state index in [9.17, 15) is 5.11 Å². The van der Waals surface area contributed by atoms with E-state index in [1.165, 1.54) is 0 Å². The summed E-state index contributed by atoms with van der Waals surface area (Å²) < 4.78 is 1.02. The normalized spacial score (nSPS) is 13.4. The molecule has 78 valence electrons. The highest BCUT2D eigenvalue weighted by Gasteiger charge is 2.18. The molecule has 0 radical (unpaired) electrons. The fourth-order valence-electron chi connectivity index (χ4n) is 1.26. The van der Waals surface area contributed by atoms with Crippen LogP contribution in [0.4, 0.5) is 0 Å². The van der Waals surface area contributed by atoms with Crippen molar-refractivity contribution in [2.24, 2.45) is 0 Å². The molecule has 1 aromatic carbocycles. The first-order chi connectivity index (χ1) is 6.43. The van der Waals surface area contributed by atoms with Crippen molar-refractivity contribution in [3.05, 3.63) is 33.3 Å². The van der Waals surface area contributed by atoms with Gasteiger partial charge in [-0.25, -0.2) is 0 Å². The third kappa shape index (κ3) is 2.63. The number of hydrogen-bond donors (Lipinski definition) is 1. The Hall–Kier alpha value is 0.240. The Kier molecular flexibility index (Phi) is 4.26. The maximum absolute atomic E-state index is 9.71. The topological polar surface area (TPSA) is 20.2 Å². The van der Waals surface area contributed by atoms with Crippen LogP contribution in [0.25, 0.3) is 0 Å². The summed E-state index contributed by atoms with van der Waals surface area (Å²) in [6.07, 6.45) is -0.829. The van der Waals surface area contributed by atoms with Gasteiger partial charge >= 0.3 is 0 Å². The minimum absolute atomic E-state index is 0.778. The molecule has 1 unspecified atom stereocenters. The Morgan fingerprint density at radius 2 is 1.79 bits per heavy atom. The molecule has 1 rings (SSSR count). The van der Waals surface area contributed by atoms with Gasteiger partial charge in [0.2, 0.25) is 0 Å². The van der Waals surface area contributed by atoms with E-state index in [1.54, 1.807) is 0 Å². The Balaban J connectivity index is 3.15. The van der Waals surface area contributed by atoms with Crippen LogP contribution in [0.3, 0.4) is 0 Å². The van der Waals surface area contributed by atoms with Crippen molar-refractivity contribution in [2.75, 3.05) is 0 Å². The number of hydrogen-bond acceptors (Lipinski definition) is 1. The molecule has 1 nitrogen and oxygen atoms in total. The van der Waals surface area contributed by atoms with Crippen LogP contribution in [0.5, 0.6) is 0 Å². The van der Waals surface area contributed by atoms with Crippen molar-refractivity contribution >= 4 is 39.1 Å². The highest BCUT2D eigenvalue weighted by molar-refractivity contribution is 9.10. The average molecular weight is 298 g/mol. The molecule has 0 bridgehead atoms. The van der Waals surface area contributed by atoms with E-state index in [4.69, 9.17) is 23.2 Å². The van der Waals surface area contributed by atoms with Gasteiger partial charge < -0.3 is 5.11 Å². The minimum atomic E-state index is -0.829. The van der Waals surface area contributed by atoms with Gasteiger partial charge in [-0.1, -0.05) is 22.0 Å². The number of alkyl halides is 2. The Morgan fingerprint density at radius 1 is 1.21 bits per heavy atom. The van der Waals surface area contributed by atoms with Crippen molar-refractivity contribution in [3.8, 4) is 0 Å². The summed E-state index contributed by atoms with van der Waals surface area (Å²) in [4.78, 5) is -0.797. The zero-order valence-corrected chi connectivity index (χ0v) is 11.0. The van der Waals surface area contributed by atoms with Crippen LogP contribution < -0.4 is 0 Å². The molecule has 0 amide bonds. The summed E-state index contributed by atoms with van der Waals surface area (Å²) >= 11 is 14.7. The van der Waals surface area contributed by atoms with Crippen LogP contribution in [0.15, 0.2) is 16.6 Å². The highest BCUT2D eigenvalue weighted by Crippen LogP contribution is 2.30. The van der Waals surface area contributed by atoms with Crippen LogP contribution in [0, 0.1) is 13.8 Å². The molecule has 14 heavy (non-hydrogen) atoms. The van der Waals surface area contributed by atoms with E-state index in [-0.39, 0.29) is 0 Å². The Bertz CT molecular complexity index is 339. The van der Waals surface area contributed by atoms with Crippen molar-refractivity contribution in [1.82, 2.24) is 0 Å². The summed E-state index contributed by atoms with van der Waals surface area (Å²) in [6.45, 7) is 3.87. The summed E-state index contributed by atoms with van der Waals surface area (Å²) in [5, 5.41) is 9.71. The molecule has 0 saturated heterocycles. The average Bonchev–Trinajstić information content (AvgIpc) is 2.10. The quantitative estimate of drug-likeness (QED) is 0.821. The lowest BCUT2D eigenvalue weighted by atomic mass is 10.0. The molecular weight excluding hydrogens is 287 g/mol. The van der Waals surface area contributed by atoms with Gasteiger partial charge in [0.1, 0.15) is 10.9 Å². The first kappa shape index (κ1) is 12.3. The van der Waals surface area contributed by atoms with Gasteiger partial charge in [-0.2, -0.15) is 0 Å². The first-order valence-corrected chi connectivity index (χ1v) is 5.83. The van der Waals surface area contributed by atoms with E-state index in [2.05, 4.69) is 15.9 Å². The van der Waals surface area contributed by atoms with E-state index in [0.29, 0.717) is 0 Å². The zero-order valence-electron chi connectivity index (χ0n) is 7.89. The molecule has 0 spiro atoms. The third-order valence-corrected chi connectivity index (χ3v) is 3.44. The SMILES string of the molecule is Cc1cc(C(O)C(Cl)Cl)c(C)cc1Br. The second-order valence-corrected chi connectivity index (χ2v) is 5.26. The lowest BCUT2D eigenvalue weighted by Crippen LogP contribution is -2.08. The van der Waals surface area contributed by atoms with Crippen molar-refractivity contribution in [2.45, 2.75) is 24.8 Å². The molecule has 0 aliphatic heterocycles. The fourth-order valence-corrected chi connectivity index (χ4v) is 1.99. The van der Waals surface area contributed by atoms with Crippen LogP contribution in [-0.4, -0.2) is 9.94 Å². The Morgan fingerprint density at radius 3 is 2.29 bits per heavy atom. The number of halogens is 3. The van der Waals surface area contributed by atoms with Crippen LogP contribution in [-0.2, 0) is 0 Å². The zero-order chi connectivity index (χ0) is 10.9. The first-order valence-electron chi connectivity index (χ1n) is 4.16. The van der Waals surface area contributed by atoms with Gasteiger partial charge in [-0.15, -0.1) is 23.2 Å². The van der Waals surface area contributed by atoms with E-state index < -0.39 is 10.9 Å². The molecule has 1 atom stereocenters. The number of benzene rings is 1. The van der Waals surface area contributed by atoms with Crippen LogP contribution >= 0.6 is 39.1 Å². The van der Waals surface area contributed by atoms with Crippen LogP contribution in [0.1, 0.15) is 22.8 Å². The summed E-state index contributed by atoms with van der Waals surface area (Å²) in [6, 6.07) is 3.84. The van der Waals surface area contributed by atoms with Gasteiger partial charge in [-0.3, -0.25) is 0 Å². The maximum atomic E-state index is 9.71. The van der Waals surface area contributed by atoms with Crippen molar-refractivity contribution < 1.29 is 5.11 Å². The van der Waals surface area contributed by atoms with Crippen molar-refractivity contribution in [1.29, 1.82) is 0 Å². The number of aryl methyl sites for hydroxylation is 2. The van der Waals surface area contributed by atoms with Crippen LogP contribution in [0.2, 0.25) is 0 Å². The highest BCUT2D eigenvalue weighted by atomic mass is 79.9. The lowest BCUT2D eigenvalue weighted by molar-refractivity contribution is 0.192. The molecule has 0 saturated carbocycles. The number of rotatable bonds is 2. The molecule has 0 aliphatic rings. The maximum Gasteiger partial charge on any atom is 0.137 e. The predicted octanol–water partition coefficient (Wildman–Crippen LogP) is 3.90. The molecule has 0 heterocycles. The molecule has 1 N–H and O–H groups in total. The molecular formula is C10H11BrCl2O. The minimum Gasteiger partial charge on any atom is -0.386 e. The standard InChI is InChI=1S/C10H11BrCl2O/c1-5-4-8(11)6(2)3-7(5)9(14)10(12)13/h3-4,9-10,14H,1-2H3. The van der Waals surface area contributed by atoms with Gasteiger partial charge in [0.05, 0.1) is 0 Å². The summed E-state index contributed by atoms with van der Waals surface area (Å²) in [7, 11) is 0. The van der Waals surface area contributed by atoms with E-state index in [0.717, 1.165) is 21.2 Å². The smallest absolute Gasteiger partial charge is 0.137 e. The molecule has 0 fully saturated rings. The molecule has 4 heteroatoms. The molecule has 0 aliphatic carbocycles. The van der Waals surface area contributed by atoms with E-state index in [1.807, 2.05) is 26.0 Å². The van der Waals surface area contributed by atoms with E-state index >= 15 is 0 Å². The lowest BCUT2D eigenvalue weighted by Gasteiger charge is -2.15. The molecule has 0 aromatic heterocycles. The summed E-state index contributed by atoms with van der Waals surface area (Å²) in [5.41, 5.74) is 2.81. The Labute approximate surface area is 102 Å². The number of aliphatic hydroxyl groups excluding tert-OH is 1. The monoisotopic (exact) mass is 296 g/mol. The number of aliphatic hydroxyl groups is 1. The largest absolute Gasteiger partial charge is 0.386 e. The van der Waals surface area contributed by atoms with Crippen molar-refractivity contribution in [3.63, 3.8) is 0 Å². The second kappa shape index (κ2) is 4.84. The molecule has 1 aromatic rings. The van der Waals surface area contributed by atoms with Gasteiger partial charge in [0.15, 0.2) is 0 Å². The summed E-state index contributed by atoms with van der Waals surface area (Å²) in [5.74, 6) is 0. The van der Waals surface area contributed by atoms with Gasteiger partial charge in [-0.05, 0) is 36.6 Å². The fraction of sp³-hybridized carbons (Fsp3) is 0.400.